The molecule has 3 aromatic rings. The summed E-state index contributed by atoms with van der Waals surface area (Å²) in [7, 11) is -2.09. The zero-order valence-electron chi connectivity index (χ0n) is 17.3. The number of carbonyl (C=O) groups excluding carboxylic acids is 1. The lowest BCUT2D eigenvalue weighted by Gasteiger charge is -2.19. The van der Waals surface area contributed by atoms with Crippen LogP contribution in [0.25, 0.3) is 10.1 Å². The second kappa shape index (κ2) is 8.40. The number of nitrogens with zero attached hydrogens (tertiary/aromatic N) is 2. The number of amides is 1. The maximum atomic E-state index is 13.0. The lowest BCUT2D eigenvalue weighted by molar-refractivity contribution is 0.0766. The maximum Gasteiger partial charge on any atom is 0.264 e. The monoisotopic (exact) mass is 442 g/mol. The van der Waals surface area contributed by atoms with Gasteiger partial charge in [-0.05, 0) is 61.5 Å². The highest BCUT2D eigenvalue weighted by molar-refractivity contribution is 7.92. The maximum absolute atomic E-state index is 13.0. The normalized spacial score (nSPS) is 15.2. The van der Waals surface area contributed by atoms with Crippen molar-refractivity contribution in [1.29, 1.82) is 0 Å². The molecule has 1 saturated heterocycles. The van der Waals surface area contributed by atoms with Gasteiger partial charge in [0, 0.05) is 24.8 Å². The van der Waals surface area contributed by atoms with Crippen LogP contribution in [0.15, 0.2) is 53.4 Å². The Hall–Kier alpha value is -2.38. The van der Waals surface area contributed by atoms with Crippen LogP contribution in [0.5, 0.6) is 0 Å². The highest BCUT2D eigenvalue weighted by Crippen LogP contribution is 2.32. The SMILES string of the molecule is Cc1ccc(S(=O)(=O)N(C)c2ccc3sc(C(=O)N4CCCCCC4)cc3c2)cc1. The molecule has 0 aliphatic carbocycles. The molecule has 0 unspecified atom stereocenters. The number of sulfonamides is 1. The van der Waals surface area contributed by atoms with Crippen molar-refractivity contribution >= 4 is 43.0 Å². The van der Waals surface area contributed by atoms with E-state index in [2.05, 4.69) is 0 Å². The molecule has 30 heavy (non-hydrogen) atoms. The molecule has 1 aliphatic heterocycles. The molecule has 0 bridgehead atoms. The number of rotatable bonds is 4. The van der Waals surface area contributed by atoms with E-state index < -0.39 is 10.0 Å². The first-order chi connectivity index (χ1) is 14.4. The molecule has 1 aromatic heterocycles. The van der Waals surface area contributed by atoms with Crippen LogP contribution < -0.4 is 4.31 Å². The number of fused-ring (bicyclic) bond motifs is 1. The predicted molar refractivity (Wildman–Crippen MR) is 123 cm³/mol. The first-order valence-corrected chi connectivity index (χ1v) is 12.5. The van der Waals surface area contributed by atoms with Crippen LogP contribution >= 0.6 is 11.3 Å². The van der Waals surface area contributed by atoms with Gasteiger partial charge in [0.05, 0.1) is 15.5 Å². The van der Waals surface area contributed by atoms with Gasteiger partial charge in [-0.2, -0.15) is 0 Å². The number of hydrogen-bond donors (Lipinski definition) is 0. The Morgan fingerprint density at radius 3 is 2.30 bits per heavy atom. The minimum Gasteiger partial charge on any atom is -0.338 e. The van der Waals surface area contributed by atoms with Gasteiger partial charge in [-0.15, -0.1) is 11.3 Å². The minimum atomic E-state index is -3.65. The number of benzene rings is 2. The van der Waals surface area contributed by atoms with Crippen molar-refractivity contribution in [2.24, 2.45) is 0 Å². The third-order valence-corrected chi connectivity index (χ3v) is 8.55. The largest absolute Gasteiger partial charge is 0.338 e. The van der Waals surface area contributed by atoms with Crippen molar-refractivity contribution in [3.63, 3.8) is 0 Å². The quantitative estimate of drug-likeness (QED) is 0.568. The van der Waals surface area contributed by atoms with Crippen molar-refractivity contribution in [3.8, 4) is 0 Å². The summed E-state index contributed by atoms with van der Waals surface area (Å²) in [5, 5.41) is 0.890. The number of thiophene rings is 1. The van der Waals surface area contributed by atoms with Gasteiger partial charge in [-0.25, -0.2) is 8.42 Å². The van der Waals surface area contributed by atoms with Crippen molar-refractivity contribution in [1.82, 2.24) is 4.90 Å². The molecule has 2 heterocycles. The smallest absolute Gasteiger partial charge is 0.264 e. The average Bonchev–Trinajstić information content (AvgIpc) is 2.97. The molecule has 1 aliphatic rings. The molecule has 0 saturated carbocycles. The highest BCUT2D eigenvalue weighted by atomic mass is 32.2. The summed E-state index contributed by atoms with van der Waals surface area (Å²) in [6.45, 7) is 3.56. The van der Waals surface area contributed by atoms with Crippen LogP contribution in [0.4, 0.5) is 5.69 Å². The number of anilines is 1. The Kier molecular flexibility index (Phi) is 5.84. The molecule has 1 amide bonds. The molecule has 7 heteroatoms. The van der Waals surface area contributed by atoms with Crippen LogP contribution in [0, 0.1) is 6.92 Å². The van der Waals surface area contributed by atoms with Gasteiger partial charge >= 0.3 is 0 Å². The molecule has 0 spiro atoms. The van der Waals surface area contributed by atoms with Crippen LogP contribution in [0.3, 0.4) is 0 Å². The zero-order valence-corrected chi connectivity index (χ0v) is 18.9. The molecular weight excluding hydrogens is 416 g/mol. The van der Waals surface area contributed by atoms with Crippen LogP contribution in [0.1, 0.15) is 40.9 Å². The fraction of sp³-hybridized carbons (Fsp3) is 0.348. The van der Waals surface area contributed by atoms with Crippen LogP contribution in [-0.4, -0.2) is 39.4 Å². The van der Waals surface area contributed by atoms with Crippen molar-refractivity contribution in [2.75, 3.05) is 24.4 Å². The third-order valence-electron chi connectivity index (χ3n) is 5.65. The molecule has 0 N–H and O–H groups in total. The highest BCUT2D eigenvalue weighted by Gasteiger charge is 2.23. The van der Waals surface area contributed by atoms with Crippen molar-refractivity contribution < 1.29 is 13.2 Å². The summed E-state index contributed by atoms with van der Waals surface area (Å²) in [5.74, 6) is 0.0836. The van der Waals surface area contributed by atoms with Crippen molar-refractivity contribution in [2.45, 2.75) is 37.5 Å². The molecular formula is C23H26N2O3S2. The van der Waals surface area contributed by atoms with E-state index in [1.165, 1.54) is 28.5 Å². The van der Waals surface area contributed by atoms with Crippen LogP contribution in [0.2, 0.25) is 0 Å². The van der Waals surface area contributed by atoms with Crippen molar-refractivity contribution in [3.05, 3.63) is 59.0 Å². The second-order valence-corrected chi connectivity index (χ2v) is 10.9. The van der Waals surface area contributed by atoms with Gasteiger partial charge in [0.1, 0.15) is 0 Å². The molecule has 2 aromatic carbocycles. The van der Waals surface area contributed by atoms with E-state index >= 15 is 0 Å². The number of likely N-dealkylation sites (tertiary alicyclic amines) is 1. The predicted octanol–water partition coefficient (Wildman–Crippen LogP) is 5.05. The summed E-state index contributed by atoms with van der Waals surface area (Å²) in [6, 6.07) is 14.3. The number of hydrogen-bond acceptors (Lipinski definition) is 4. The van der Waals surface area contributed by atoms with Gasteiger partial charge < -0.3 is 4.90 Å². The van der Waals surface area contributed by atoms with E-state index in [4.69, 9.17) is 0 Å². The Balaban J connectivity index is 1.61. The summed E-state index contributed by atoms with van der Waals surface area (Å²) in [4.78, 5) is 15.9. The van der Waals surface area contributed by atoms with Gasteiger partial charge in [0.2, 0.25) is 0 Å². The van der Waals surface area contributed by atoms with Gasteiger partial charge in [0.25, 0.3) is 15.9 Å². The van der Waals surface area contributed by atoms with E-state index in [1.807, 2.05) is 30.0 Å². The van der Waals surface area contributed by atoms with Gasteiger partial charge in [-0.3, -0.25) is 9.10 Å². The van der Waals surface area contributed by atoms with Gasteiger partial charge in [-0.1, -0.05) is 30.5 Å². The van der Waals surface area contributed by atoms with E-state index in [1.54, 1.807) is 37.4 Å². The molecule has 5 nitrogen and oxygen atoms in total. The third kappa shape index (κ3) is 4.09. The second-order valence-electron chi connectivity index (χ2n) is 7.82. The average molecular weight is 443 g/mol. The Labute approximate surface area is 182 Å². The standard InChI is InChI=1S/C23H26N2O3S2/c1-17-7-10-20(11-8-17)30(27,28)24(2)19-9-12-21-18(15-19)16-22(29-21)23(26)25-13-5-3-4-6-14-25/h7-12,15-16H,3-6,13-14H2,1-2H3. The topological polar surface area (TPSA) is 57.7 Å². The first kappa shape index (κ1) is 20.9. The summed E-state index contributed by atoms with van der Waals surface area (Å²) in [6.07, 6.45) is 4.48. The molecule has 4 rings (SSSR count). The Morgan fingerprint density at radius 1 is 0.967 bits per heavy atom. The Morgan fingerprint density at radius 2 is 1.63 bits per heavy atom. The summed E-state index contributed by atoms with van der Waals surface area (Å²) in [5.41, 5.74) is 1.59. The van der Waals surface area contributed by atoms with Crippen LogP contribution in [-0.2, 0) is 10.0 Å². The summed E-state index contributed by atoms with van der Waals surface area (Å²) < 4.78 is 28.3. The fourth-order valence-electron chi connectivity index (χ4n) is 3.77. The minimum absolute atomic E-state index is 0.0836. The molecule has 158 valence electrons. The lowest BCUT2D eigenvalue weighted by Crippen LogP contribution is -2.31. The van der Waals surface area contributed by atoms with E-state index in [0.717, 1.165) is 41.6 Å². The first-order valence-electron chi connectivity index (χ1n) is 10.2. The molecule has 0 radical (unpaired) electrons. The zero-order chi connectivity index (χ0) is 21.3. The number of carbonyl (C=O) groups is 1. The van der Waals surface area contributed by atoms with E-state index in [9.17, 15) is 13.2 Å². The molecule has 0 atom stereocenters. The van der Waals surface area contributed by atoms with E-state index in [-0.39, 0.29) is 10.8 Å². The van der Waals surface area contributed by atoms with Gasteiger partial charge in [0.15, 0.2) is 0 Å². The summed E-state index contributed by atoms with van der Waals surface area (Å²) >= 11 is 1.47. The Bertz CT molecular complexity index is 1160. The number of aryl methyl sites for hydroxylation is 1. The lowest BCUT2D eigenvalue weighted by atomic mass is 10.2. The molecule has 1 fully saturated rings. The fourth-order valence-corrected chi connectivity index (χ4v) is 5.97. The van der Waals surface area contributed by atoms with E-state index in [0.29, 0.717) is 10.6 Å².